The summed E-state index contributed by atoms with van der Waals surface area (Å²) in [5.74, 6) is 0.828. The summed E-state index contributed by atoms with van der Waals surface area (Å²) in [4.78, 5) is 74.0. The van der Waals surface area contributed by atoms with E-state index in [0.717, 1.165) is 31.4 Å². The molecular weight excluding hydrogens is 841 g/mol. The number of thioether (sulfide) groups is 1. The van der Waals surface area contributed by atoms with Crippen LogP contribution in [-0.2, 0) is 52.4 Å². The smallest absolute Gasteiger partial charge is 0.306 e. The highest BCUT2D eigenvalue weighted by molar-refractivity contribution is 8.00. The zero-order valence-electron chi connectivity index (χ0n) is 36.0. The van der Waals surface area contributed by atoms with E-state index in [2.05, 4.69) is 41.1 Å². The van der Waals surface area contributed by atoms with Gasteiger partial charge in [-0.2, -0.15) is 22.0 Å². The Balaban J connectivity index is 0.729. The second-order valence-electron chi connectivity index (χ2n) is 16.4. The van der Waals surface area contributed by atoms with Gasteiger partial charge in [0.15, 0.2) is 23.4 Å². The summed E-state index contributed by atoms with van der Waals surface area (Å²) in [7, 11) is 0. The largest absolute Gasteiger partial charge is 0.463 e. The molecule has 6 atom stereocenters. The van der Waals surface area contributed by atoms with Crippen molar-refractivity contribution in [2.75, 3.05) is 70.8 Å². The first-order chi connectivity index (χ1) is 30.6. The summed E-state index contributed by atoms with van der Waals surface area (Å²) in [5, 5.41) is 17.2. The molecule has 2 aromatic heterocycles. The molecule has 4 aliphatic heterocycles. The van der Waals surface area contributed by atoms with Gasteiger partial charge in [-0.25, -0.2) is 15.0 Å². The lowest BCUT2D eigenvalue weighted by atomic mass is 9.94. The van der Waals surface area contributed by atoms with Crippen molar-refractivity contribution >= 4 is 58.4 Å². The van der Waals surface area contributed by atoms with Gasteiger partial charge in [0.25, 0.3) is 0 Å². The molecular formula is C41H62N10O11S. The van der Waals surface area contributed by atoms with Gasteiger partial charge in [0.2, 0.25) is 17.7 Å². The number of rotatable bonds is 30. The summed E-state index contributed by atoms with van der Waals surface area (Å²) >= 11 is 1.95. The number of esters is 2. The van der Waals surface area contributed by atoms with Crippen molar-refractivity contribution in [3.8, 4) is 0 Å². The maximum absolute atomic E-state index is 12.9. The quantitative estimate of drug-likeness (QED) is 0.0648. The predicted molar refractivity (Wildman–Crippen MR) is 228 cm³/mol. The summed E-state index contributed by atoms with van der Waals surface area (Å²) in [6.07, 6.45) is 7.47. The molecule has 5 N–H and O–H groups in total. The average Bonchev–Trinajstić information content (AvgIpc) is 3.63. The van der Waals surface area contributed by atoms with Crippen LogP contribution in [-0.4, -0.2) is 143 Å². The van der Waals surface area contributed by atoms with Gasteiger partial charge in [0.1, 0.15) is 24.6 Å². The summed E-state index contributed by atoms with van der Waals surface area (Å²) in [6, 6.07) is 0.342. The molecule has 0 unspecified atom stereocenters. The summed E-state index contributed by atoms with van der Waals surface area (Å²) < 4.78 is 35.8. The Morgan fingerprint density at radius 3 is 2.30 bits per heavy atom. The van der Waals surface area contributed by atoms with Gasteiger partial charge in [-0.3, -0.25) is 28.5 Å². The number of hydrogen-bond donors (Lipinski definition) is 4. The first kappa shape index (κ1) is 48.0. The molecule has 3 saturated heterocycles. The van der Waals surface area contributed by atoms with Gasteiger partial charge in [0, 0.05) is 94.2 Å². The normalized spacial score (nSPS) is 23.1. The SMILES string of the molecule is CC1(CCC(=O)OC[C@@H]2C[C@@H](OC(=O)CCCC(=O)NCCCOCCOCCOCCCNC(=O)CCCC[C@H]3SC[C@H]4NC(=O)C[C@H]43)[C@H](n3cnc4c(N)ncnc43)O2)N=N1. The minimum Gasteiger partial charge on any atom is -0.463 e. The van der Waals surface area contributed by atoms with Crippen LogP contribution in [0.3, 0.4) is 0 Å². The Labute approximate surface area is 370 Å². The highest BCUT2D eigenvalue weighted by atomic mass is 32.2. The third-order valence-electron chi connectivity index (χ3n) is 11.3. The highest BCUT2D eigenvalue weighted by Gasteiger charge is 2.43. The van der Waals surface area contributed by atoms with Crippen molar-refractivity contribution in [2.24, 2.45) is 16.1 Å². The van der Waals surface area contributed by atoms with E-state index in [0.29, 0.717) is 113 Å². The number of ether oxygens (including phenoxy) is 6. The Morgan fingerprint density at radius 2 is 1.59 bits per heavy atom. The average molecular weight is 903 g/mol. The van der Waals surface area contributed by atoms with Crippen LogP contribution in [0.25, 0.3) is 11.2 Å². The Morgan fingerprint density at radius 1 is 0.889 bits per heavy atom. The number of anilines is 1. The lowest BCUT2D eigenvalue weighted by molar-refractivity contribution is -0.155. The van der Waals surface area contributed by atoms with Crippen molar-refractivity contribution in [1.82, 2.24) is 35.5 Å². The van der Waals surface area contributed by atoms with Crippen molar-refractivity contribution in [3.63, 3.8) is 0 Å². The number of nitrogen functional groups attached to an aromatic ring is 1. The van der Waals surface area contributed by atoms with Gasteiger partial charge in [0.05, 0.1) is 38.9 Å². The minimum absolute atomic E-state index is 0.0173. The molecule has 0 bridgehead atoms. The summed E-state index contributed by atoms with van der Waals surface area (Å²) in [6.45, 7) is 5.56. The van der Waals surface area contributed by atoms with E-state index >= 15 is 0 Å². The van der Waals surface area contributed by atoms with Gasteiger partial charge in [-0.15, -0.1) is 0 Å². The molecule has 0 radical (unpaired) electrons. The molecule has 6 rings (SSSR count). The van der Waals surface area contributed by atoms with E-state index in [4.69, 9.17) is 34.2 Å². The predicted octanol–water partition coefficient (Wildman–Crippen LogP) is 2.53. The Bertz CT molecular complexity index is 1860. The van der Waals surface area contributed by atoms with Crippen molar-refractivity contribution in [3.05, 3.63) is 12.7 Å². The number of aromatic nitrogens is 4. The monoisotopic (exact) mass is 902 g/mol. The van der Waals surface area contributed by atoms with Crippen LogP contribution in [0.1, 0.15) is 96.6 Å². The van der Waals surface area contributed by atoms with Crippen molar-refractivity contribution < 1.29 is 52.4 Å². The lowest BCUT2D eigenvalue weighted by Gasteiger charge is -2.20. The van der Waals surface area contributed by atoms with Crippen LogP contribution in [0.2, 0.25) is 0 Å². The number of unbranched alkanes of at least 4 members (excludes halogenated alkanes) is 1. The maximum Gasteiger partial charge on any atom is 0.306 e. The number of carbonyl (C=O) groups is 5. The molecule has 0 aromatic carbocycles. The molecule has 0 aliphatic carbocycles. The third kappa shape index (κ3) is 15.6. The van der Waals surface area contributed by atoms with Crippen LogP contribution in [0, 0.1) is 5.92 Å². The van der Waals surface area contributed by atoms with Gasteiger partial charge in [-0.1, -0.05) is 6.42 Å². The topological polar surface area (TPSA) is 271 Å². The fourth-order valence-electron chi connectivity index (χ4n) is 7.72. The molecule has 21 nitrogen and oxygen atoms in total. The van der Waals surface area contributed by atoms with Crippen LogP contribution in [0.5, 0.6) is 0 Å². The van der Waals surface area contributed by atoms with E-state index in [1.54, 1.807) is 4.57 Å². The lowest BCUT2D eigenvalue weighted by Crippen LogP contribution is -2.29. The summed E-state index contributed by atoms with van der Waals surface area (Å²) in [5.41, 5.74) is 6.24. The molecule has 2 aromatic rings. The number of hydrogen-bond acceptors (Lipinski definition) is 18. The maximum atomic E-state index is 12.9. The number of carbonyl (C=O) groups excluding carboxylic acids is 5. The zero-order valence-corrected chi connectivity index (χ0v) is 36.9. The van der Waals surface area contributed by atoms with E-state index in [9.17, 15) is 24.0 Å². The number of nitrogens with zero attached hydrogens (tertiary/aromatic N) is 6. The van der Waals surface area contributed by atoms with Crippen molar-refractivity contribution in [1.29, 1.82) is 0 Å². The van der Waals surface area contributed by atoms with E-state index in [-0.39, 0.29) is 55.8 Å². The molecule has 348 valence electrons. The molecule has 6 heterocycles. The molecule has 63 heavy (non-hydrogen) atoms. The molecule has 0 saturated carbocycles. The van der Waals surface area contributed by atoms with Crippen LogP contribution in [0.15, 0.2) is 22.9 Å². The first-order valence-corrected chi connectivity index (χ1v) is 23.2. The van der Waals surface area contributed by atoms with Gasteiger partial charge >= 0.3 is 11.9 Å². The molecule has 4 aliphatic rings. The van der Waals surface area contributed by atoms with E-state index in [1.165, 1.54) is 12.7 Å². The van der Waals surface area contributed by atoms with Gasteiger partial charge < -0.3 is 50.1 Å². The highest BCUT2D eigenvalue weighted by Crippen LogP contribution is 2.40. The second-order valence-corrected chi connectivity index (χ2v) is 17.6. The van der Waals surface area contributed by atoms with E-state index < -0.39 is 36.0 Å². The van der Waals surface area contributed by atoms with Crippen molar-refractivity contribution in [2.45, 2.75) is 126 Å². The number of nitrogens with one attached hydrogen (secondary N) is 3. The fourth-order valence-corrected chi connectivity index (χ4v) is 9.37. The Kier molecular flexibility index (Phi) is 18.7. The second kappa shape index (κ2) is 24.5. The minimum atomic E-state index is -0.809. The Hall–Kier alpha value is -4.51. The standard InChI is InChI=1S/C41H62N10O11S/c1-41(49-50-41)12-11-35(55)60-23-27-21-30(40(61-27)51-26-47-37-38(42)45-25-46-39(37)51)62-36(56)10-4-9-33(53)44-14-6-16-58-18-20-59-19-17-57-15-5-13-43-32(52)8-3-2-7-31-28-22-34(54)48-29(28)24-63-31/h25-31,40H,2-24H2,1H3,(H,43,52)(H,44,53)(H,48,54)(H2,42,45,46)/t27-,28+,29+,30+,31+,40+/m0/s1. The molecule has 0 spiro atoms. The van der Waals surface area contributed by atoms with Crippen LogP contribution >= 0.6 is 11.8 Å². The molecule has 3 fully saturated rings. The fraction of sp³-hybridized carbons (Fsp3) is 0.756. The molecule has 3 amide bonds. The van der Waals surface area contributed by atoms with E-state index in [1.807, 2.05) is 18.7 Å². The van der Waals surface area contributed by atoms with Gasteiger partial charge in [-0.05, 0) is 39.0 Å². The first-order valence-electron chi connectivity index (χ1n) is 22.1. The number of amides is 3. The molecule has 22 heteroatoms. The van der Waals surface area contributed by atoms with Crippen LogP contribution in [0.4, 0.5) is 5.82 Å². The third-order valence-corrected chi connectivity index (χ3v) is 12.8. The number of imidazole rings is 1. The van der Waals surface area contributed by atoms with Crippen LogP contribution < -0.4 is 21.7 Å². The number of nitrogens with two attached hydrogens (primary N) is 1. The number of fused-ring (bicyclic) bond motifs is 2. The zero-order chi connectivity index (χ0) is 44.4.